The average molecular weight is 505 g/mol. The van der Waals surface area contributed by atoms with Gasteiger partial charge in [-0.05, 0) is 61.0 Å². The molecule has 0 unspecified atom stereocenters. The highest BCUT2D eigenvalue weighted by Crippen LogP contribution is 2.25. The number of aromatic nitrogens is 2. The molecule has 0 saturated carbocycles. The van der Waals surface area contributed by atoms with E-state index in [0.717, 1.165) is 21.6 Å². The van der Waals surface area contributed by atoms with Crippen LogP contribution in [0.4, 0.5) is 5.69 Å². The molecule has 0 fully saturated rings. The average Bonchev–Trinajstić information content (AvgIpc) is 3.21. The monoisotopic (exact) mass is 504 g/mol. The van der Waals surface area contributed by atoms with E-state index < -0.39 is 27.2 Å². The fourth-order valence-corrected chi connectivity index (χ4v) is 5.77. The number of nitrogens with zero attached hydrogens (tertiary/aromatic N) is 1. The second-order valence-electron chi connectivity index (χ2n) is 7.08. The Morgan fingerprint density at radius 1 is 1.09 bits per heavy atom. The molecule has 4 aromatic rings. The lowest BCUT2D eigenvalue weighted by Crippen LogP contribution is -2.34. The predicted molar refractivity (Wildman–Crippen MR) is 128 cm³/mol. The zero-order chi connectivity index (χ0) is 23.9. The van der Waals surface area contributed by atoms with E-state index in [2.05, 4.69) is 10.3 Å². The molecule has 0 radical (unpaired) electrons. The Morgan fingerprint density at radius 2 is 1.85 bits per heavy atom. The number of anilines is 1. The Hall–Kier alpha value is -3.41. The van der Waals surface area contributed by atoms with Crippen LogP contribution in [0.3, 0.4) is 0 Å². The van der Waals surface area contributed by atoms with Crippen LogP contribution in [0.25, 0.3) is 16.6 Å². The first-order valence-electron chi connectivity index (χ1n) is 9.51. The Bertz CT molecular complexity index is 1640. The first-order chi connectivity index (χ1) is 15.6. The summed E-state index contributed by atoms with van der Waals surface area (Å²) in [4.78, 5) is 40.9. The SMILES string of the molecule is CNc1ccc2c(=O)n(-c3ccc(C(=O)NS(=O)(=O)c4ccc(Cl)s4)cc3C)c(=O)[nH]c2c1. The molecule has 4 rings (SSSR count). The standard InChI is InChI=1S/C21H17ClN4O5S2/c1-11-9-12(19(27)25-33(30,31)18-8-7-17(22)32-18)3-6-16(11)26-20(28)14-5-4-13(23-2)10-15(14)24-21(26)29/h3-10,23H,1-2H3,(H,24,29)(H,25,27). The Morgan fingerprint density at radius 3 is 2.48 bits per heavy atom. The zero-order valence-corrected chi connectivity index (χ0v) is 19.7. The van der Waals surface area contributed by atoms with Crippen LogP contribution >= 0.6 is 22.9 Å². The molecule has 0 aliphatic carbocycles. The normalized spacial score (nSPS) is 11.5. The first-order valence-corrected chi connectivity index (χ1v) is 12.2. The Kier molecular flexibility index (Phi) is 5.87. The number of carbonyl (C=O) groups excluding carboxylic acids is 1. The summed E-state index contributed by atoms with van der Waals surface area (Å²) in [6.45, 7) is 1.61. The van der Waals surface area contributed by atoms with Crippen molar-refractivity contribution in [2.24, 2.45) is 0 Å². The third-order valence-electron chi connectivity index (χ3n) is 4.93. The number of hydrogen-bond donors (Lipinski definition) is 3. The number of amides is 1. The van der Waals surface area contributed by atoms with Crippen molar-refractivity contribution in [3.05, 3.63) is 84.8 Å². The van der Waals surface area contributed by atoms with Gasteiger partial charge in [-0.1, -0.05) is 11.6 Å². The summed E-state index contributed by atoms with van der Waals surface area (Å²) in [7, 11) is -2.36. The van der Waals surface area contributed by atoms with E-state index in [1.807, 2.05) is 4.72 Å². The van der Waals surface area contributed by atoms with Crippen molar-refractivity contribution in [3.8, 4) is 5.69 Å². The van der Waals surface area contributed by atoms with Crippen LogP contribution in [-0.2, 0) is 10.0 Å². The van der Waals surface area contributed by atoms with Gasteiger partial charge in [-0.15, -0.1) is 11.3 Å². The molecule has 2 heterocycles. The summed E-state index contributed by atoms with van der Waals surface area (Å²) in [6, 6.07) is 11.9. The zero-order valence-electron chi connectivity index (χ0n) is 17.3. The van der Waals surface area contributed by atoms with Crippen molar-refractivity contribution in [1.82, 2.24) is 14.3 Å². The molecule has 2 aromatic carbocycles. The van der Waals surface area contributed by atoms with Crippen LogP contribution in [0.2, 0.25) is 4.34 Å². The van der Waals surface area contributed by atoms with Gasteiger partial charge in [-0.3, -0.25) is 9.59 Å². The van der Waals surface area contributed by atoms with Crippen molar-refractivity contribution in [2.75, 3.05) is 12.4 Å². The van der Waals surface area contributed by atoms with Crippen molar-refractivity contribution in [1.29, 1.82) is 0 Å². The second kappa shape index (κ2) is 8.50. The van der Waals surface area contributed by atoms with E-state index in [1.54, 1.807) is 32.2 Å². The molecular weight excluding hydrogens is 488 g/mol. The number of aromatic amines is 1. The van der Waals surface area contributed by atoms with Crippen molar-refractivity contribution >= 4 is 55.5 Å². The molecule has 170 valence electrons. The van der Waals surface area contributed by atoms with Crippen LogP contribution in [0.1, 0.15) is 15.9 Å². The summed E-state index contributed by atoms with van der Waals surface area (Å²) >= 11 is 6.60. The number of nitrogens with one attached hydrogen (secondary N) is 3. The number of halogens is 1. The van der Waals surface area contributed by atoms with Crippen molar-refractivity contribution in [3.63, 3.8) is 0 Å². The van der Waals surface area contributed by atoms with Crippen molar-refractivity contribution in [2.45, 2.75) is 11.1 Å². The maximum absolute atomic E-state index is 13.0. The van der Waals surface area contributed by atoms with Crippen LogP contribution in [-0.4, -0.2) is 30.9 Å². The van der Waals surface area contributed by atoms with E-state index in [0.29, 0.717) is 16.5 Å². The number of carbonyl (C=O) groups is 1. The minimum Gasteiger partial charge on any atom is -0.388 e. The largest absolute Gasteiger partial charge is 0.388 e. The third kappa shape index (κ3) is 4.30. The number of rotatable bonds is 5. The van der Waals surface area contributed by atoms with Gasteiger partial charge in [0.25, 0.3) is 21.5 Å². The predicted octanol–water partition coefficient (Wildman–Crippen LogP) is 2.86. The summed E-state index contributed by atoms with van der Waals surface area (Å²) in [5.74, 6) is -0.853. The molecule has 12 heteroatoms. The molecule has 0 aliphatic rings. The highest BCUT2D eigenvalue weighted by Gasteiger charge is 2.21. The molecule has 33 heavy (non-hydrogen) atoms. The second-order valence-corrected chi connectivity index (χ2v) is 10.7. The minimum absolute atomic E-state index is 0.0476. The van der Waals surface area contributed by atoms with Crippen LogP contribution < -0.4 is 21.3 Å². The van der Waals surface area contributed by atoms with Gasteiger partial charge in [-0.25, -0.2) is 22.5 Å². The number of H-pyrrole nitrogens is 1. The van der Waals surface area contributed by atoms with Gasteiger partial charge >= 0.3 is 5.69 Å². The van der Waals surface area contributed by atoms with E-state index in [1.165, 1.54) is 30.3 Å². The van der Waals surface area contributed by atoms with Crippen LogP contribution in [0.15, 0.2) is 62.3 Å². The molecular formula is C21H17ClN4O5S2. The third-order valence-corrected chi connectivity index (χ3v) is 7.98. The topological polar surface area (TPSA) is 130 Å². The van der Waals surface area contributed by atoms with Gasteiger partial charge in [0.1, 0.15) is 4.21 Å². The molecule has 0 atom stereocenters. The highest BCUT2D eigenvalue weighted by molar-refractivity contribution is 7.92. The lowest BCUT2D eigenvalue weighted by atomic mass is 10.1. The molecule has 9 nitrogen and oxygen atoms in total. The molecule has 1 amide bonds. The van der Waals surface area contributed by atoms with E-state index in [9.17, 15) is 22.8 Å². The molecule has 3 N–H and O–H groups in total. The van der Waals surface area contributed by atoms with E-state index in [-0.39, 0.29) is 19.8 Å². The summed E-state index contributed by atoms with van der Waals surface area (Å²) in [5, 5.41) is 3.26. The lowest BCUT2D eigenvalue weighted by molar-refractivity contribution is 0.0981. The number of sulfonamides is 1. The quantitative estimate of drug-likeness (QED) is 0.383. The Balaban J connectivity index is 1.71. The molecule has 0 aliphatic heterocycles. The smallest absolute Gasteiger partial charge is 0.333 e. The minimum atomic E-state index is -4.09. The van der Waals surface area contributed by atoms with Crippen LogP contribution in [0, 0.1) is 6.92 Å². The van der Waals surface area contributed by atoms with Gasteiger partial charge in [0.05, 0.1) is 20.9 Å². The number of hydrogen-bond acceptors (Lipinski definition) is 7. The maximum Gasteiger partial charge on any atom is 0.333 e. The van der Waals surface area contributed by atoms with Gasteiger partial charge in [0.15, 0.2) is 0 Å². The number of thiophene rings is 1. The molecule has 0 spiro atoms. The fraction of sp³-hybridized carbons (Fsp3) is 0.0952. The van der Waals surface area contributed by atoms with Gasteiger partial charge in [0.2, 0.25) is 0 Å². The van der Waals surface area contributed by atoms with E-state index in [4.69, 9.17) is 11.6 Å². The van der Waals surface area contributed by atoms with Gasteiger partial charge in [-0.2, -0.15) is 0 Å². The summed E-state index contributed by atoms with van der Waals surface area (Å²) in [5.41, 5.74) is 0.712. The fourth-order valence-electron chi connectivity index (χ4n) is 3.31. The van der Waals surface area contributed by atoms with Crippen LogP contribution in [0.5, 0.6) is 0 Å². The molecule has 0 saturated heterocycles. The lowest BCUT2D eigenvalue weighted by Gasteiger charge is -2.12. The van der Waals surface area contributed by atoms with Crippen molar-refractivity contribution < 1.29 is 13.2 Å². The summed E-state index contributed by atoms with van der Waals surface area (Å²) < 4.78 is 27.9. The number of fused-ring (bicyclic) bond motifs is 1. The van der Waals surface area contributed by atoms with E-state index >= 15 is 0 Å². The number of aryl methyl sites for hydroxylation is 1. The molecule has 0 bridgehead atoms. The Labute approximate surface area is 196 Å². The number of benzene rings is 2. The van der Waals surface area contributed by atoms with Gasteiger partial charge < -0.3 is 10.3 Å². The summed E-state index contributed by atoms with van der Waals surface area (Å²) in [6.07, 6.45) is 0. The maximum atomic E-state index is 13.0. The highest BCUT2D eigenvalue weighted by atomic mass is 35.5. The first kappa shape index (κ1) is 22.8. The van der Waals surface area contributed by atoms with Gasteiger partial charge in [0, 0.05) is 18.3 Å². The molecule has 2 aromatic heterocycles.